The summed E-state index contributed by atoms with van der Waals surface area (Å²) in [7, 11) is 0. The van der Waals surface area contributed by atoms with E-state index >= 15 is 0 Å². The van der Waals surface area contributed by atoms with Crippen molar-refractivity contribution < 1.29 is 9.18 Å². The minimum atomic E-state index is -0.320. The maximum absolute atomic E-state index is 13.3. The molecule has 16 heavy (non-hydrogen) atoms. The normalized spacial score (nSPS) is 9.94. The molecule has 0 radical (unpaired) electrons. The van der Waals surface area contributed by atoms with E-state index in [9.17, 15) is 9.18 Å². The molecule has 1 rings (SSSR count). The summed E-state index contributed by atoms with van der Waals surface area (Å²) in [6.07, 6.45) is 0.333. The smallest absolute Gasteiger partial charge is 0.221 e. The van der Waals surface area contributed by atoms with E-state index in [1.165, 1.54) is 6.07 Å². The summed E-state index contributed by atoms with van der Waals surface area (Å²) in [5.74, 6) is -0.357. The van der Waals surface area contributed by atoms with E-state index in [4.69, 9.17) is 0 Å². The molecule has 2 N–H and O–H groups in total. The second-order valence-electron chi connectivity index (χ2n) is 3.25. The van der Waals surface area contributed by atoms with Crippen LogP contribution in [0.5, 0.6) is 0 Å². The predicted molar refractivity (Wildman–Crippen MR) is 65.9 cm³/mol. The molecule has 0 bridgehead atoms. The maximum atomic E-state index is 13.3. The number of carbonyl (C=O) groups excluding carboxylic acids is 1. The summed E-state index contributed by atoms with van der Waals surface area (Å²) in [6, 6.07) is 4.65. The highest BCUT2D eigenvalue weighted by atomic mass is 79.9. The molecule has 0 saturated heterocycles. The van der Waals surface area contributed by atoms with E-state index < -0.39 is 0 Å². The number of nitrogens with one attached hydrogen (secondary N) is 2. The zero-order chi connectivity index (χ0) is 12.0. The van der Waals surface area contributed by atoms with Gasteiger partial charge in [-0.3, -0.25) is 4.79 Å². The zero-order valence-electron chi connectivity index (χ0n) is 9.02. The molecule has 1 aromatic carbocycles. The number of benzene rings is 1. The van der Waals surface area contributed by atoms with Crippen LogP contribution in [0, 0.1) is 5.82 Å². The number of rotatable bonds is 5. The molecule has 0 aliphatic carbocycles. The van der Waals surface area contributed by atoms with Crippen LogP contribution in [0.25, 0.3) is 0 Å². The van der Waals surface area contributed by atoms with Crippen molar-refractivity contribution in [1.82, 2.24) is 5.32 Å². The van der Waals surface area contributed by atoms with Crippen molar-refractivity contribution in [2.24, 2.45) is 0 Å². The fourth-order valence-corrected chi connectivity index (χ4v) is 1.59. The highest BCUT2D eigenvalue weighted by Crippen LogP contribution is 2.19. The Morgan fingerprint density at radius 1 is 1.50 bits per heavy atom. The van der Waals surface area contributed by atoms with E-state index in [1.807, 2.05) is 6.92 Å². The molecule has 1 aromatic rings. The molecule has 0 atom stereocenters. The van der Waals surface area contributed by atoms with Crippen molar-refractivity contribution in [3.63, 3.8) is 0 Å². The lowest BCUT2D eigenvalue weighted by Crippen LogP contribution is -2.24. The minimum Gasteiger partial charge on any atom is -0.382 e. The van der Waals surface area contributed by atoms with Crippen LogP contribution in [-0.2, 0) is 4.79 Å². The third-order valence-corrected chi connectivity index (χ3v) is 2.46. The quantitative estimate of drug-likeness (QED) is 0.874. The van der Waals surface area contributed by atoms with Crippen LogP contribution in [0.15, 0.2) is 22.7 Å². The molecule has 0 saturated carbocycles. The molecule has 5 heteroatoms. The fraction of sp³-hybridized carbons (Fsp3) is 0.364. The van der Waals surface area contributed by atoms with Gasteiger partial charge in [-0.2, -0.15) is 0 Å². The third kappa shape index (κ3) is 4.18. The highest BCUT2D eigenvalue weighted by Gasteiger charge is 2.03. The summed E-state index contributed by atoms with van der Waals surface area (Å²) >= 11 is 3.26. The Balaban J connectivity index is 2.42. The third-order valence-electron chi connectivity index (χ3n) is 1.97. The first-order chi connectivity index (χ1) is 7.63. The van der Waals surface area contributed by atoms with E-state index in [2.05, 4.69) is 26.6 Å². The van der Waals surface area contributed by atoms with Crippen molar-refractivity contribution >= 4 is 27.5 Å². The van der Waals surface area contributed by atoms with Crippen LogP contribution < -0.4 is 10.6 Å². The van der Waals surface area contributed by atoms with Gasteiger partial charge in [0.2, 0.25) is 5.91 Å². The maximum Gasteiger partial charge on any atom is 0.221 e. The van der Waals surface area contributed by atoms with Crippen molar-refractivity contribution in [1.29, 1.82) is 0 Å². The van der Waals surface area contributed by atoms with Gasteiger partial charge in [0.25, 0.3) is 0 Å². The molecule has 0 heterocycles. The van der Waals surface area contributed by atoms with Gasteiger partial charge in [-0.25, -0.2) is 4.39 Å². The van der Waals surface area contributed by atoms with E-state index in [1.54, 1.807) is 12.1 Å². The van der Waals surface area contributed by atoms with Gasteiger partial charge < -0.3 is 10.6 Å². The van der Waals surface area contributed by atoms with Gasteiger partial charge >= 0.3 is 0 Å². The molecule has 1 amide bonds. The molecule has 0 aliphatic heterocycles. The monoisotopic (exact) mass is 288 g/mol. The van der Waals surface area contributed by atoms with E-state index in [0.717, 1.165) is 4.47 Å². The Morgan fingerprint density at radius 3 is 2.94 bits per heavy atom. The lowest BCUT2D eigenvalue weighted by molar-refractivity contribution is -0.120. The fourth-order valence-electron chi connectivity index (χ4n) is 1.23. The first-order valence-corrected chi connectivity index (χ1v) is 5.88. The van der Waals surface area contributed by atoms with Crippen LogP contribution in [-0.4, -0.2) is 19.0 Å². The standard InChI is InChI=1S/C11H14BrFN2O/c1-2-14-11(16)5-6-15-10-7-8(12)3-4-9(10)13/h3-4,7,15H,2,5-6H2,1H3,(H,14,16). The zero-order valence-corrected chi connectivity index (χ0v) is 10.6. The lowest BCUT2D eigenvalue weighted by Gasteiger charge is -2.07. The lowest BCUT2D eigenvalue weighted by atomic mass is 10.3. The Hall–Kier alpha value is -1.10. The number of anilines is 1. The minimum absolute atomic E-state index is 0.0367. The second-order valence-corrected chi connectivity index (χ2v) is 4.17. The molecule has 88 valence electrons. The molecule has 0 fully saturated rings. The van der Waals surface area contributed by atoms with Gasteiger partial charge in [0.05, 0.1) is 5.69 Å². The van der Waals surface area contributed by atoms with Crippen LogP contribution in [0.2, 0.25) is 0 Å². The largest absolute Gasteiger partial charge is 0.382 e. The molecule has 0 aromatic heterocycles. The second kappa shape index (κ2) is 6.48. The van der Waals surface area contributed by atoms with E-state index in [-0.39, 0.29) is 11.7 Å². The van der Waals surface area contributed by atoms with E-state index in [0.29, 0.717) is 25.2 Å². The first-order valence-electron chi connectivity index (χ1n) is 5.09. The molecule has 0 spiro atoms. The molecular weight excluding hydrogens is 275 g/mol. The summed E-state index contributed by atoms with van der Waals surface area (Å²) in [5.41, 5.74) is 0.402. The van der Waals surface area contributed by atoms with Gasteiger partial charge in [0, 0.05) is 24.0 Å². The predicted octanol–water partition coefficient (Wildman–Crippen LogP) is 2.53. The van der Waals surface area contributed by atoms with Gasteiger partial charge in [-0.05, 0) is 25.1 Å². The van der Waals surface area contributed by atoms with Gasteiger partial charge in [0.15, 0.2) is 0 Å². The SMILES string of the molecule is CCNC(=O)CCNc1cc(Br)ccc1F. The van der Waals surface area contributed by atoms with Crippen LogP contribution in [0.1, 0.15) is 13.3 Å². The van der Waals surface area contributed by atoms with Crippen molar-refractivity contribution in [3.05, 3.63) is 28.5 Å². The molecule has 3 nitrogen and oxygen atoms in total. The average molecular weight is 289 g/mol. The number of hydrogen-bond donors (Lipinski definition) is 2. The number of amides is 1. The summed E-state index contributed by atoms with van der Waals surface area (Å²) < 4.78 is 14.1. The van der Waals surface area contributed by atoms with Crippen LogP contribution in [0.4, 0.5) is 10.1 Å². The Labute approximate surface area is 103 Å². The van der Waals surface area contributed by atoms with Gasteiger partial charge in [-0.15, -0.1) is 0 Å². The topological polar surface area (TPSA) is 41.1 Å². The van der Waals surface area contributed by atoms with Crippen LogP contribution >= 0.6 is 15.9 Å². The highest BCUT2D eigenvalue weighted by molar-refractivity contribution is 9.10. The molecule has 0 unspecified atom stereocenters. The first kappa shape index (κ1) is 13.0. The summed E-state index contributed by atoms with van der Waals surface area (Å²) in [6.45, 7) is 2.89. The van der Waals surface area contributed by atoms with Crippen LogP contribution in [0.3, 0.4) is 0 Å². The molecular formula is C11H14BrFN2O. The van der Waals surface area contributed by atoms with Crippen molar-refractivity contribution in [2.75, 3.05) is 18.4 Å². The van der Waals surface area contributed by atoms with Crippen molar-refractivity contribution in [2.45, 2.75) is 13.3 Å². The Kier molecular flexibility index (Phi) is 5.25. The summed E-state index contributed by atoms with van der Waals surface area (Å²) in [4.78, 5) is 11.1. The number of carbonyl (C=O) groups is 1. The van der Waals surface area contributed by atoms with Crippen molar-refractivity contribution in [3.8, 4) is 0 Å². The average Bonchev–Trinajstić information content (AvgIpc) is 2.23. The molecule has 0 aliphatic rings. The van der Waals surface area contributed by atoms with Gasteiger partial charge in [-0.1, -0.05) is 15.9 Å². The van der Waals surface area contributed by atoms with Gasteiger partial charge in [0.1, 0.15) is 5.82 Å². The summed E-state index contributed by atoms with van der Waals surface area (Å²) in [5, 5.41) is 5.55. The Bertz CT molecular complexity index is 371. The Morgan fingerprint density at radius 2 is 2.25 bits per heavy atom. The number of halogens is 2. The number of hydrogen-bond acceptors (Lipinski definition) is 2.